The summed E-state index contributed by atoms with van der Waals surface area (Å²) in [6.07, 6.45) is 5.27. The topological polar surface area (TPSA) is 47.9 Å². The highest BCUT2D eigenvalue weighted by molar-refractivity contribution is 14.0. The predicted octanol–water partition coefficient (Wildman–Crippen LogP) is 2.56. The molecule has 1 unspecified atom stereocenters. The first-order valence-electron chi connectivity index (χ1n) is 8.60. The van der Waals surface area contributed by atoms with Gasteiger partial charge in [0.2, 0.25) is 5.91 Å². The van der Waals surface area contributed by atoms with Gasteiger partial charge in [-0.25, -0.2) is 4.99 Å². The molecule has 2 fully saturated rings. The number of likely N-dealkylation sites (N-methyl/N-ethyl adjacent to an activating group) is 1. The number of amides is 1. The van der Waals surface area contributed by atoms with Crippen LogP contribution in [0.15, 0.2) is 4.99 Å². The largest absolute Gasteiger partial charge is 0.354 e. The number of likely N-dealkylation sites (tertiary alicyclic amines) is 1. The second-order valence-corrected chi connectivity index (χ2v) is 7.55. The molecule has 0 aromatic rings. The van der Waals surface area contributed by atoms with Crippen LogP contribution < -0.4 is 5.32 Å². The molecule has 134 valence electrons. The Morgan fingerprint density at radius 3 is 2.52 bits per heavy atom. The Morgan fingerprint density at radius 2 is 2.04 bits per heavy atom. The fraction of sp³-hybridized carbons (Fsp3) is 0.882. The molecule has 1 heterocycles. The standard InChI is InChI=1S/C17H32N4O.HI/c1-13(2)19-16(18-11-15(22)20(4)5)21-10-7-14(3)17(12-21)8-6-9-17;/h13-14H,6-12H2,1-5H3,(H,18,19);1H. The normalized spacial score (nSPS) is 23.3. The summed E-state index contributed by atoms with van der Waals surface area (Å²) in [6, 6.07) is 0.324. The zero-order valence-electron chi connectivity index (χ0n) is 15.3. The minimum Gasteiger partial charge on any atom is -0.354 e. The summed E-state index contributed by atoms with van der Waals surface area (Å²) in [6.45, 7) is 8.99. The van der Waals surface area contributed by atoms with Gasteiger partial charge in [0.1, 0.15) is 6.54 Å². The molecule has 2 aliphatic rings. The molecule has 1 aliphatic carbocycles. The molecule has 2 rings (SSSR count). The van der Waals surface area contributed by atoms with Gasteiger partial charge in [-0.1, -0.05) is 13.3 Å². The van der Waals surface area contributed by atoms with E-state index < -0.39 is 0 Å². The Hall–Kier alpha value is -0.530. The Morgan fingerprint density at radius 1 is 1.39 bits per heavy atom. The summed E-state index contributed by atoms with van der Waals surface area (Å²) in [5.74, 6) is 1.76. The Labute approximate surface area is 158 Å². The maximum atomic E-state index is 11.8. The fourth-order valence-electron chi connectivity index (χ4n) is 3.51. The van der Waals surface area contributed by atoms with Gasteiger partial charge in [0, 0.05) is 33.2 Å². The third kappa shape index (κ3) is 4.97. The van der Waals surface area contributed by atoms with Gasteiger partial charge in [-0.15, -0.1) is 24.0 Å². The summed E-state index contributed by atoms with van der Waals surface area (Å²) in [4.78, 5) is 20.4. The molecule has 6 heteroatoms. The number of carbonyl (C=O) groups excluding carboxylic acids is 1. The molecule has 1 atom stereocenters. The molecule has 0 aromatic carbocycles. The van der Waals surface area contributed by atoms with Crippen LogP contribution in [0.1, 0.15) is 46.5 Å². The van der Waals surface area contributed by atoms with Crippen LogP contribution in [0, 0.1) is 11.3 Å². The number of aliphatic imine (C=N–C) groups is 1. The van der Waals surface area contributed by atoms with Crippen LogP contribution >= 0.6 is 24.0 Å². The van der Waals surface area contributed by atoms with Gasteiger partial charge in [0.15, 0.2) is 5.96 Å². The Balaban J connectivity index is 0.00000264. The summed E-state index contributed by atoms with van der Waals surface area (Å²) in [5, 5.41) is 3.45. The second kappa shape index (κ2) is 8.53. The molecular weight excluding hydrogens is 403 g/mol. The molecule has 0 aromatic heterocycles. The Kier molecular flexibility index (Phi) is 7.61. The number of rotatable bonds is 3. The lowest BCUT2D eigenvalue weighted by Crippen LogP contribution is -2.56. The zero-order valence-corrected chi connectivity index (χ0v) is 17.6. The van der Waals surface area contributed by atoms with Crippen LogP contribution in [-0.2, 0) is 4.79 Å². The first kappa shape index (κ1) is 20.5. The second-order valence-electron chi connectivity index (χ2n) is 7.55. The van der Waals surface area contributed by atoms with E-state index in [0.717, 1.165) is 25.0 Å². The molecule has 1 amide bonds. The quantitative estimate of drug-likeness (QED) is 0.420. The average molecular weight is 436 g/mol. The van der Waals surface area contributed by atoms with E-state index in [4.69, 9.17) is 0 Å². The van der Waals surface area contributed by atoms with Crippen molar-refractivity contribution in [1.82, 2.24) is 15.1 Å². The highest BCUT2D eigenvalue weighted by Gasteiger charge is 2.46. The molecule has 23 heavy (non-hydrogen) atoms. The minimum atomic E-state index is 0. The van der Waals surface area contributed by atoms with Crippen molar-refractivity contribution in [3.05, 3.63) is 0 Å². The number of hydrogen-bond donors (Lipinski definition) is 1. The van der Waals surface area contributed by atoms with Crippen molar-refractivity contribution in [1.29, 1.82) is 0 Å². The lowest BCUT2D eigenvalue weighted by molar-refractivity contribution is -0.127. The van der Waals surface area contributed by atoms with E-state index in [2.05, 4.69) is 36.0 Å². The van der Waals surface area contributed by atoms with Crippen LogP contribution in [0.4, 0.5) is 0 Å². The van der Waals surface area contributed by atoms with Crippen LogP contribution in [-0.4, -0.2) is 61.4 Å². The summed E-state index contributed by atoms with van der Waals surface area (Å²) >= 11 is 0. The van der Waals surface area contributed by atoms with E-state index >= 15 is 0 Å². The maximum Gasteiger partial charge on any atom is 0.243 e. The van der Waals surface area contributed by atoms with Crippen molar-refractivity contribution in [2.24, 2.45) is 16.3 Å². The summed E-state index contributed by atoms with van der Waals surface area (Å²) < 4.78 is 0. The molecule has 1 N–H and O–H groups in total. The number of nitrogens with zero attached hydrogens (tertiary/aromatic N) is 3. The van der Waals surface area contributed by atoms with Gasteiger partial charge in [0.05, 0.1) is 0 Å². The number of nitrogens with one attached hydrogen (secondary N) is 1. The summed E-state index contributed by atoms with van der Waals surface area (Å²) in [5.41, 5.74) is 0.489. The van der Waals surface area contributed by atoms with Crippen molar-refractivity contribution in [2.75, 3.05) is 33.7 Å². The molecule has 5 nitrogen and oxygen atoms in total. The third-order valence-corrected chi connectivity index (χ3v) is 5.31. The molecule has 1 saturated carbocycles. The Bertz CT molecular complexity index is 432. The monoisotopic (exact) mass is 436 g/mol. The van der Waals surface area contributed by atoms with Crippen molar-refractivity contribution in [3.8, 4) is 0 Å². The highest BCUT2D eigenvalue weighted by Crippen LogP contribution is 2.50. The highest BCUT2D eigenvalue weighted by atomic mass is 127. The van der Waals surface area contributed by atoms with Crippen LogP contribution in [0.5, 0.6) is 0 Å². The van der Waals surface area contributed by atoms with E-state index in [9.17, 15) is 4.79 Å². The van der Waals surface area contributed by atoms with Crippen LogP contribution in [0.3, 0.4) is 0 Å². The SMILES string of the molecule is CC(C)NC(=NCC(=O)N(C)C)N1CCC(C)C2(CCC2)C1.I. The molecule has 1 spiro atoms. The first-order chi connectivity index (χ1) is 10.3. The smallest absolute Gasteiger partial charge is 0.243 e. The first-order valence-corrected chi connectivity index (χ1v) is 8.60. The van der Waals surface area contributed by atoms with Gasteiger partial charge in [0.25, 0.3) is 0 Å². The van der Waals surface area contributed by atoms with E-state index in [1.807, 2.05) is 0 Å². The number of piperidine rings is 1. The molecule has 0 bridgehead atoms. The number of hydrogen-bond acceptors (Lipinski definition) is 2. The maximum absolute atomic E-state index is 11.8. The zero-order chi connectivity index (χ0) is 16.3. The minimum absolute atomic E-state index is 0. The summed E-state index contributed by atoms with van der Waals surface area (Å²) in [7, 11) is 3.55. The van der Waals surface area contributed by atoms with Gasteiger partial charge in [-0.2, -0.15) is 0 Å². The van der Waals surface area contributed by atoms with Crippen LogP contribution in [0.2, 0.25) is 0 Å². The number of guanidine groups is 1. The third-order valence-electron chi connectivity index (χ3n) is 5.31. The van der Waals surface area contributed by atoms with Crippen molar-refractivity contribution >= 4 is 35.8 Å². The number of halogens is 1. The average Bonchev–Trinajstić information content (AvgIpc) is 2.41. The van der Waals surface area contributed by atoms with E-state index in [-0.39, 0.29) is 36.4 Å². The predicted molar refractivity (Wildman–Crippen MR) is 106 cm³/mol. The molecule has 1 saturated heterocycles. The van der Waals surface area contributed by atoms with E-state index in [0.29, 0.717) is 11.5 Å². The van der Waals surface area contributed by atoms with E-state index in [1.165, 1.54) is 25.7 Å². The molecule has 0 radical (unpaired) electrons. The van der Waals surface area contributed by atoms with Crippen molar-refractivity contribution < 1.29 is 4.79 Å². The van der Waals surface area contributed by atoms with Gasteiger partial charge >= 0.3 is 0 Å². The van der Waals surface area contributed by atoms with Crippen LogP contribution in [0.25, 0.3) is 0 Å². The fourth-order valence-corrected chi connectivity index (χ4v) is 3.51. The lowest BCUT2D eigenvalue weighted by atomic mass is 9.59. The number of carbonyl (C=O) groups is 1. The van der Waals surface area contributed by atoms with Gasteiger partial charge in [-0.3, -0.25) is 4.79 Å². The van der Waals surface area contributed by atoms with E-state index in [1.54, 1.807) is 19.0 Å². The van der Waals surface area contributed by atoms with Crippen molar-refractivity contribution in [3.63, 3.8) is 0 Å². The van der Waals surface area contributed by atoms with Crippen molar-refractivity contribution in [2.45, 2.75) is 52.5 Å². The van der Waals surface area contributed by atoms with Gasteiger partial charge < -0.3 is 15.1 Å². The lowest BCUT2D eigenvalue weighted by Gasteiger charge is -2.53. The van der Waals surface area contributed by atoms with Gasteiger partial charge in [-0.05, 0) is 44.4 Å². The molecule has 1 aliphatic heterocycles. The molecular formula is C17H33IN4O.